The van der Waals surface area contributed by atoms with E-state index in [4.69, 9.17) is 0 Å². The van der Waals surface area contributed by atoms with E-state index in [-0.39, 0.29) is 17.5 Å². The molecular weight excluding hydrogens is 239 g/mol. The second-order valence-corrected chi connectivity index (χ2v) is 4.65. The molecule has 2 aromatic rings. The SMILES string of the molecule is CCC(=O)[C@H](C)c1ccc(-c2ccccc2)c(F)c1. The second kappa shape index (κ2) is 5.79. The van der Waals surface area contributed by atoms with Crippen molar-refractivity contribution in [2.24, 2.45) is 0 Å². The van der Waals surface area contributed by atoms with Crippen molar-refractivity contribution in [3.63, 3.8) is 0 Å². The van der Waals surface area contributed by atoms with Crippen molar-refractivity contribution in [2.45, 2.75) is 26.2 Å². The summed E-state index contributed by atoms with van der Waals surface area (Å²) in [7, 11) is 0. The molecule has 0 heterocycles. The molecule has 1 nitrogen and oxygen atoms in total. The number of hydrogen-bond acceptors (Lipinski definition) is 1. The molecule has 0 aliphatic carbocycles. The molecule has 98 valence electrons. The molecule has 1 atom stereocenters. The Morgan fingerprint density at radius 3 is 2.42 bits per heavy atom. The van der Waals surface area contributed by atoms with E-state index in [9.17, 15) is 9.18 Å². The first-order valence-electron chi connectivity index (χ1n) is 6.51. The highest BCUT2D eigenvalue weighted by Gasteiger charge is 2.15. The molecule has 0 aromatic heterocycles. The van der Waals surface area contributed by atoms with Gasteiger partial charge in [-0.05, 0) is 17.2 Å². The van der Waals surface area contributed by atoms with Gasteiger partial charge in [-0.2, -0.15) is 0 Å². The van der Waals surface area contributed by atoms with Crippen LogP contribution in [-0.4, -0.2) is 5.78 Å². The lowest BCUT2D eigenvalue weighted by atomic mass is 9.93. The van der Waals surface area contributed by atoms with Crippen molar-refractivity contribution >= 4 is 5.78 Å². The van der Waals surface area contributed by atoms with Gasteiger partial charge in [0.25, 0.3) is 0 Å². The van der Waals surface area contributed by atoms with Gasteiger partial charge in [0, 0.05) is 17.9 Å². The summed E-state index contributed by atoms with van der Waals surface area (Å²) in [5.74, 6) is -0.393. The van der Waals surface area contributed by atoms with E-state index in [1.165, 1.54) is 6.07 Å². The molecule has 0 aliphatic heterocycles. The predicted octanol–water partition coefficient (Wildman–Crippen LogP) is 4.58. The third kappa shape index (κ3) is 2.90. The lowest BCUT2D eigenvalue weighted by molar-refractivity contribution is -0.119. The fourth-order valence-electron chi connectivity index (χ4n) is 2.14. The van der Waals surface area contributed by atoms with Gasteiger partial charge in [-0.1, -0.05) is 56.3 Å². The summed E-state index contributed by atoms with van der Waals surface area (Å²) in [6, 6.07) is 14.5. The van der Waals surface area contributed by atoms with Gasteiger partial charge in [0.2, 0.25) is 0 Å². The Morgan fingerprint density at radius 1 is 1.16 bits per heavy atom. The third-order valence-corrected chi connectivity index (χ3v) is 3.41. The first-order valence-corrected chi connectivity index (χ1v) is 6.51. The smallest absolute Gasteiger partial charge is 0.139 e. The van der Waals surface area contributed by atoms with Crippen molar-refractivity contribution in [3.8, 4) is 11.1 Å². The Hall–Kier alpha value is -1.96. The van der Waals surface area contributed by atoms with Crippen molar-refractivity contribution < 1.29 is 9.18 Å². The summed E-state index contributed by atoms with van der Waals surface area (Å²) in [6.45, 7) is 3.65. The number of benzene rings is 2. The zero-order valence-electron chi connectivity index (χ0n) is 11.2. The molecule has 2 heteroatoms. The highest BCUT2D eigenvalue weighted by Crippen LogP contribution is 2.26. The van der Waals surface area contributed by atoms with Crippen LogP contribution in [0.3, 0.4) is 0 Å². The highest BCUT2D eigenvalue weighted by molar-refractivity contribution is 5.85. The maximum atomic E-state index is 14.2. The molecule has 0 spiro atoms. The van der Waals surface area contributed by atoms with Gasteiger partial charge in [-0.3, -0.25) is 4.79 Å². The predicted molar refractivity (Wildman–Crippen MR) is 75.5 cm³/mol. The van der Waals surface area contributed by atoms with Crippen molar-refractivity contribution in [1.29, 1.82) is 0 Å². The summed E-state index contributed by atoms with van der Waals surface area (Å²) < 4.78 is 14.2. The fourth-order valence-corrected chi connectivity index (χ4v) is 2.14. The van der Waals surface area contributed by atoms with Gasteiger partial charge in [0.15, 0.2) is 0 Å². The Balaban J connectivity index is 2.35. The minimum Gasteiger partial charge on any atom is -0.299 e. The average molecular weight is 256 g/mol. The Kier molecular flexibility index (Phi) is 4.10. The zero-order chi connectivity index (χ0) is 13.8. The van der Waals surface area contributed by atoms with E-state index in [2.05, 4.69) is 0 Å². The zero-order valence-corrected chi connectivity index (χ0v) is 11.2. The number of rotatable bonds is 4. The standard InChI is InChI=1S/C17H17FO/c1-3-17(19)12(2)14-9-10-15(16(18)11-14)13-7-5-4-6-8-13/h4-12H,3H2,1-2H3/t12-/m1/s1. The van der Waals surface area contributed by atoms with Crippen LogP contribution in [0, 0.1) is 5.82 Å². The number of halogens is 1. The van der Waals surface area contributed by atoms with E-state index in [0.29, 0.717) is 12.0 Å². The number of ketones is 1. The molecule has 0 saturated heterocycles. The summed E-state index contributed by atoms with van der Waals surface area (Å²) in [6.07, 6.45) is 0.475. The first kappa shape index (κ1) is 13.5. The average Bonchev–Trinajstić information content (AvgIpc) is 2.46. The minimum atomic E-state index is -0.278. The summed E-state index contributed by atoms with van der Waals surface area (Å²) >= 11 is 0. The number of carbonyl (C=O) groups excluding carboxylic acids is 1. The molecule has 0 unspecified atom stereocenters. The number of carbonyl (C=O) groups is 1. The summed E-state index contributed by atoms with van der Waals surface area (Å²) in [4.78, 5) is 11.7. The first-order chi connectivity index (χ1) is 9.13. The van der Waals surface area contributed by atoms with Crippen LogP contribution in [0.15, 0.2) is 48.5 Å². The summed E-state index contributed by atoms with van der Waals surface area (Å²) in [5, 5.41) is 0. The molecule has 0 saturated carbocycles. The van der Waals surface area contributed by atoms with E-state index < -0.39 is 0 Å². The van der Waals surface area contributed by atoms with E-state index in [0.717, 1.165) is 11.1 Å². The van der Waals surface area contributed by atoms with Crippen molar-refractivity contribution in [2.75, 3.05) is 0 Å². The number of Topliss-reactive ketones (excluding diaryl/α,β-unsaturated/α-hetero) is 1. The van der Waals surface area contributed by atoms with Gasteiger partial charge >= 0.3 is 0 Å². The molecule has 2 aromatic carbocycles. The maximum absolute atomic E-state index is 14.2. The van der Waals surface area contributed by atoms with E-state index in [1.807, 2.05) is 50.2 Å². The molecule has 0 fully saturated rings. The normalized spacial score (nSPS) is 12.2. The lowest BCUT2D eigenvalue weighted by Crippen LogP contribution is -2.07. The van der Waals surface area contributed by atoms with Crippen LogP contribution < -0.4 is 0 Å². The molecule has 0 bridgehead atoms. The molecule has 0 amide bonds. The fraction of sp³-hybridized carbons (Fsp3) is 0.235. The molecule has 2 rings (SSSR count). The van der Waals surface area contributed by atoms with Gasteiger partial charge < -0.3 is 0 Å². The largest absolute Gasteiger partial charge is 0.299 e. The topological polar surface area (TPSA) is 17.1 Å². The molecular formula is C17H17FO. The number of hydrogen-bond donors (Lipinski definition) is 0. The molecule has 0 N–H and O–H groups in total. The van der Waals surface area contributed by atoms with Gasteiger partial charge in [0.1, 0.15) is 11.6 Å². The summed E-state index contributed by atoms with van der Waals surface area (Å²) in [5.41, 5.74) is 2.16. The lowest BCUT2D eigenvalue weighted by Gasteiger charge is -2.11. The van der Waals surface area contributed by atoms with Crippen LogP contribution in [0.4, 0.5) is 4.39 Å². The van der Waals surface area contributed by atoms with Crippen molar-refractivity contribution in [1.82, 2.24) is 0 Å². The molecule has 0 aliphatic rings. The van der Waals surface area contributed by atoms with Crippen LogP contribution in [0.1, 0.15) is 31.7 Å². The Bertz CT molecular complexity index is 575. The van der Waals surface area contributed by atoms with Crippen LogP contribution in [0.5, 0.6) is 0 Å². The minimum absolute atomic E-state index is 0.131. The van der Waals surface area contributed by atoms with Crippen LogP contribution in [0.2, 0.25) is 0 Å². The monoisotopic (exact) mass is 256 g/mol. The second-order valence-electron chi connectivity index (χ2n) is 4.65. The van der Waals surface area contributed by atoms with E-state index >= 15 is 0 Å². The molecule has 19 heavy (non-hydrogen) atoms. The Labute approximate surface area is 113 Å². The maximum Gasteiger partial charge on any atom is 0.139 e. The highest BCUT2D eigenvalue weighted by atomic mass is 19.1. The van der Waals surface area contributed by atoms with E-state index in [1.54, 1.807) is 6.07 Å². The van der Waals surface area contributed by atoms with Crippen LogP contribution >= 0.6 is 0 Å². The quantitative estimate of drug-likeness (QED) is 0.782. The van der Waals surface area contributed by atoms with Gasteiger partial charge in [-0.15, -0.1) is 0 Å². The Morgan fingerprint density at radius 2 is 1.84 bits per heavy atom. The van der Waals surface area contributed by atoms with Crippen LogP contribution in [-0.2, 0) is 4.79 Å². The van der Waals surface area contributed by atoms with Gasteiger partial charge in [-0.25, -0.2) is 4.39 Å². The van der Waals surface area contributed by atoms with Crippen LogP contribution in [0.25, 0.3) is 11.1 Å². The van der Waals surface area contributed by atoms with Crippen molar-refractivity contribution in [3.05, 3.63) is 59.9 Å². The van der Waals surface area contributed by atoms with Gasteiger partial charge in [0.05, 0.1) is 0 Å². The molecule has 0 radical (unpaired) electrons. The third-order valence-electron chi connectivity index (χ3n) is 3.41.